The molecule has 0 radical (unpaired) electrons. The molecule has 1 amide bonds. The maximum atomic E-state index is 13.0. The summed E-state index contributed by atoms with van der Waals surface area (Å²) >= 11 is 0. The van der Waals surface area contributed by atoms with Crippen molar-refractivity contribution < 1.29 is 4.79 Å². The van der Waals surface area contributed by atoms with E-state index < -0.39 is 0 Å². The lowest BCUT2D eigenvalue weighted by Gasteiger charge is -2.20. The number of carbonyl (C=O) groups excluding carboxylic acids is 1. The first-order valence-electron chi connectivity index (χ1n) is 9.01. The standard InChI is InChI=1S/C21H20N4O/c1-13-2-4-17-16(10-13)15-6-8-25(9-7-18(15)24-17)21(26)14-3-5-19-20(11-14)23-12-22-19/h2-5,10-12,24H,6-9H2,1H3,(H,22,23). The predicted molar refractivity (Wildman–Crippen MR) is 102 cm³/mol. The van der Waals surface area contributed by atoms with Gasteiger partial charge < -0.3 is 14.9 Å². The maximum absolute atomic E-state index is 13.0. The first-order valence-corrected chi connectivity index (χ1v) is 9.01. The van der Waals surface area contributed by atoms with Crippen molar-refractivity contribution in [3.05, 3.63) is 65.1 Å². The van der Waals surface area contributed by atoms with Crippen LogP contribution in [-0.2, 0) is 12.8 Å². The van der Waals surface area contributed by atoms with Crippen LogP contribution in [0.3, 0.4) is 0 Å². The van der Waals surface area contributed by atoms with Gasteiger partial charge in [-0.3, -0.25) is 4.79 Å². The van der Waals surface area contributed by atoms with E-state index in [9.17, 15) is 4.79 Å². The molecular weight excluding hydrogens is 324 g/mol. The van der Waals surface area contributed by atoms with E-state index in [1.807, 2.05) is 23.1 Å². The molecule has 2 aromatic heterocycles. The molecule has 0 fully saturated rings. The van der Waals surface area contributed by atoms with Gasteiger partial charge >= 0.3 is 0 Å². The molecule has 26 heavy (non-hydrogen) atoms. The lowest BCUT2D eigenvalue weighted by molar-refractivity contribution is 0.0763. The molecule has 130 valence electrons. The molecule has 0 atom stereocenters. The minimum absolute atomic E-state index is 0.0899. The number of amides is 1. The Morgan fingerprint density at radius 2 is 1.96 bits per heavy atom. The second kappa shape index (κ2) is 5.73. The smallest absolute Gasteiger partial charge is 0.253 e. The molecule has 2 aromatic carbocycles. The molecule has 1 aliphatic heterocycles. The van der Waals surface area contributed by atoms with Gasteiger partial charge in [-0.05, 0) is 49.2 Å². The zero-order valence-corrected chi connectivity index (χ0v) is 14.7. The number of aromatic nitrogens is 3. The largest absolute Gasteiger partial charge is 0.358 e. The number of aryl methyl sites for hydroxylation is 1. The van der Waals surface area contributed by atoms with E-state index >= 15 is 0 Å². The fourth-order valence-electron chi connectivity index (χ4n) is 3.98. The van der Waals surface area contributed by atoms with Crippen LogP contribution in [-0.4, -0.2) is 38.8 Å². The Bertz CT molecular complexity index is 1140. The molecule has 5 rings (SSSR count). The van der Waals surface area contributed by atoms with Crippen molar-refractivity contribution in [2.45, 2.75) is 19.8 Å². The molecule has 2 N–H and O–H groups in total. The second-order valence-electron chi connectivity index (χ2n) is 7.06. The van der Waals surface area contributed by atoms with Gasteiger partial charge in [-0.2, -0.15) is 0 Å². The third-order valence-electron chi connectivity index (χ3n) is 5.37. The Balaban J connectivity index is 1.43. The number of rotatable bonds is 1. The monoisotopic (exact) mass is 344 g/mol. The fraction of sp³-hybridized carbons (Fsp3) is 0.238. The highest BCUT2D eigenvalue weighted by molar-refractivity contribution is 5.97. The summed E-state index contributed by atoms with van der Waals surface area (Å²) in [5, 5.41) is 1.30. The highest BCUT2D eigenvalue weighted by atomic mass is 16.2. The molecular formula is C21H20N4O. The highest BCUT2D eigenvalue weighted by Gasteiger charge is 2.22. The van der Waals surface area contributed by atoms with E-state index in [1.165, 1.54) is 27.7 Å². The molecule has 4 aromatic rings. The third kappa shape index (κ3) is 2.39. The van der Waals surface area contributed by atoms with Crippen LogP contribution in [0.5, 0.6) is 0 Å². The van der Waals surface area contributed by atoms with Crippen LogP contribution < -0.4 is 0 Å². The topological polar surface area (TPSA) is 64.8 Å². The van der Waals surface area contributed by atoms with E-state index in [4.69, 9.17) is 0 Å². The molecule has 0 saturated heterocycles. The zero-order valence-electron chi connectivity index (χ0n) is 14.7. The molecule has 1 aliphatic rings. The summed E-state index contributed by atoms with van der Waals surface area (Å²) in [6.07, 6.45) is 3.41. The predicted octanol–water partition coefficient (Wildman–Crippen LogP) is 3.59. The van der Waals surface area contributed by atoms with Gasteiger partial charge in [-0.1, -0.05) is 11.6 Å². The average molecular weight is 344 g/mol. The number of imidazole rings is 1. The molecule has 5 heteroatoms. The van der Waals surface area contributed by atoms with Crippen LogP contribution in [0.25, 0.3) is 21.9 Å². The van der Waals surface area contributed by atoms with Crippen LogP contribution in [0.4, 0.5) is 0 Å². The van der Waals surface area contributed by atoms with Crippen LogP contribution in [0.2, 0.25) is 0 Å². The highest BCUT2D eigenvalue weighted by Crippen LogP contribution is 2.27. The van der Waals surface area contributed by atoms with Gasteiger partial charge in [-0.25, -0.2) is 4.98 Å². The molecule has 0 spiro atoms. The summed E-state index contributed by atoms with van der Waals surface area (Å²) in [5.41, 5.74) is 7.60. The Morgan fingerprint density at radius 3 is 2.88 bits per heavy atom. The van der Waals surface area contributed by atoms with Crippen molar-refractivity contribution in [3.8, 4) is 0 Å². The molecule has 0 saturated carbocycles. The first-order chi connectivity index (χ1) is 12.7. The van der Waals surface area contributed by atoms with Crippen molar-refractivity contribution in [2.24, 2.45) is 0 Å². The molecule has 0 bridgehead atoms. The van der Waals surface area contributed by atoms with Gasteiger partial charge in [0, 0.05) is 41.7 Å². The summed E-state index contributed by atoms with van der Waals surface area (Å²) in [6, 6.07) is 12.2. The molecule has 0 unspecified atom stereocenters. The Labute approximate surface area is 151 Å². The second-order valence-corrected chi connectivity index (χ2v) is 7.06. The first kappa shape index (κ1) is 15.2. The van der Waals surface area contributed by atoms with Crippen molar-refractivity contribution in [3.63, 3.8) is 0 Å². The number of hydrogen-bond acceptors (Lipinski definition) is 2. The summed E-state index contributed by atoms with van der Waals surface area (Å²) in [6.45, 7) is 3.60. The number of nitrogens with one attached hydrogen (secondary N) is 2. The normalized spacial score (nSPS) is 14.6. The Hall–Kier alpha value is -3.08. The van der Waals surface area contributed by atoms with Crippen LogP contribution in [0, 0.1) is 6.92 Å². The lowest BCUT2D eigenvalue weighted by atomic mass is 10.1. The van der Waals surface area contributed by atoms with Crippen LogP contribution in [0.15, 0.2) is 42.7 Å². The minimum atomic E-state index is 0.0899. The van der Waals surface area contributed by atoms with Crippen molar-refractivity contribution >= 4 is 27.8 Å². The van der Waals surface area contributed by atoms with E-state index in [0.717, 1.165) is 37.0 Å². The van der Waals surface area contributed by atoms with Gasteiger partial charge in [0.05, 0.1) is 17.4 Å². The molecule has 3 heterocycles. The quantitative estimate of drug-likeness (QED) is 0.554. The van der Waals surface area contributed by atoms with Gasteiger partial charge in [0.2, 0.25) is 0 Å². The Morgan fingerprint density at radius 1 is 1.08 bits per heavy atom. The molecule has 0 aliphatic carbocycles. The van der Waals surface area contributed by atoms with E-state index in [0.29, 0.717) is 5.56 Å². The number of fused-ring (bicyclic) bond motifs is 4. The SMILES string of the molecule is Cc1ccc2[nH]c3c(c2c1)CCN(C(=O)c1ccc2nc[nH]c2c1)CC3. The fourth-order valence-corrected chi connectivity index (χ4v) is 3.98. The van der Waals surface area contributed by atoms with Crippen LogP contribution in [0.1, 0.15) is 27.2 Å². The van der Waals surface area contributed by atoms with Crippen LogP contribution >= 0.6 is 0 Å². The summed E-state index contributed by atoms with van der Waals surface area (Å²) in [4.78, 5) is 25.8. The summed E-state index contributed by atoms with van der Waals surface area (Å²) in [5.74, 6) is 0.0899. The van der Waals surface area contributed by atoms with Crippen molar-refractivity contribution in [1.29, 1.82) is 0 Å². The maximum Gasteiger partial charge on any atom is 0.253 e. The van der Waals surface area contributed by atoms with E-state index in [1.54, 1.807) is 6.33 Å². The lowest BCUT2D eigenvalue weighted by Crippen LogP contribution is -2.33. The molecule has 5 nitrogen and oxygen atoms in total. The summed E-state index contributed by atoms with van der Waals surface area (Å²) < 4.78 is 0. The van der Waals surface area contributed by atoms with Crippen molar-refractivity contribution in [2.75, 3.05) is 13.1 Å². The van der Waals surface area contributed by atoms with Crippen molar-refractivity contribution in [1.82, 2.24) is 19.9 Å². The Kier molecular flexibility index (Phi) is 3.35. The van der Waals surface area contributed by atoms with Gasteiger partial charge in [-0.15, -0.1) is 0 Å². The van der Waals surface area contributed by atoms with Gasteiger partial charge in [0.1, 0.15) is 0 Å². The minimum Gasteiger partial charge on any atom is -0.358 e. The number of benzene rings is 2. The average Bonchev–Trinajstić information content (AvgIpc) is 3.19. The summed E-state index contributed by atoms with van der Waals surface area (Å²) in [7, 11) is 0. The number of carbonyl (C=O) groups is 1. The van der Waals surface area contributed by atoms with Gasteiger partial charge in [0.25, 0.3) is 5.91 Å². The van der Waals surface area contributed by atoms with Gasteiger partial charge in [0.15, 0.2) is 0 Å². The third-order valence-corrected chi connectivity index (χ3v) is 5.37. The van der Waals surface area contributed by atoms with E-state index in [2.05, 4.69) is 40.1 Å². The number of nitrogens with zero attached hydrogens (tertiary/aromatic N) is 2. The zero-order chi connectivity index (χ0) is 17.7. The number of aromatic amines is 2. The van der Waals surface area contributed by atoms with E-state index in [-0.39, 0.29) is 5.91 Å². The number of H-pyrrole nitrogens is 2. The number of hydrogen-bond donors (Lipinski definition) is 2.